The molecule has 8 heavy (non-hydrogen) atoms. The zero-order valence-corrected chi connectivity index (χ0v) is 4.89. The van der Waals surface area contributed by atoms with Gasteiger partial charge in [-0.2, -0.15) is 0 Å². The summed E-state index contributed by atoms with van der Waals surface area (Å²) in [4.78, 5) is 0. The topological polar surface area (TPSA) is 30.5 Å². The van der Waals surface area contributed by atoms with Gasteiger partial charge in [0.25, 0.3) is 0 Å². The molecule has 0 aromatic heterocycles. The third kappa shape index (κ3) is 1.43. The number of hydrogen-bond acceptors (Lipinski definition) is 3. The predicted octanol–water partition coefficient (Wildman–Crippen LogP) is -0.260. The third-order valence-corrected chi connectivity index (χ3v) is 1.01. The van der Waals surface area contributed by atoms with Crippen LogP contribution >= 0.6 is 0 Å². The van der Waals surface area contributed by atoms with Gasteiger partial charge in [-0.1, -0.05) is 0 Å². The molecule has 1 N–H and O–H groups in total. The van der Waals surface area contributed by atoms with Gasteiger partial charge < -0.3 is 14.8 Å². The van der Waals surface area contributed by atoms with E-state index in [4.69, 9.17) is 9.47 Å². The fraction of sp³-hybridized carbons (Fsp3) is 0.800. The van der Waals surface area contributed by atoms with Crippen molar-refractivity contribution in [3.8, 4) is 0 Å². The maximum absolute atomic E-state index is 5.09. The Hall–Kier alpha value is -0.120. The molecule has 1 aliphatic rings. The minimum atomic E-state index is -0.149. The highest BCUT2D eigenvalue weighted by molar-refractivity contribution is 4.70. The van der Waals surface area contributed by atoms with Gasteiger partial charge in [0.1, 0.15) is 0 Å². The first-order valence-corrected chi connectivity index (χ1v) is 2.64. The van der Waals surface area contributed by atoms with Crippen molar-refractivity contribution in [2.45, 2.75) is 6.29 Å². The summed E-state index contributed by atoms with van der Waals surface area (Å²) < 4.78 is 9.94. The highest BCUT2D eigenvalue weighted by Gasteiger charge is 2.10. The second kappa shape index (κ2) is 3.02. The Labute approximate surface area is 49.0 Å². The lowest BCUT2D eigenvalue weighted by molar-refractivity contribution is -0.117. The van der Waals surface area contributed by atoms with Crippen molar-refractivity contribution < 1.29 is 9.47 Å². The molecule has 1 fully saturated rings. The first kappa shape index (κ1) is 6.01. The SMILES string of the molecule is COC1[CH]NCCO1. The molecule has 47 valence electrons. The van der Waals surface area contributed by atoms with Gasteiger partial charge in [-0.15, -0.1) is 0 Å². The molecular formula is C5H10NO2. The van der Waals surface area contributed by atoms with Gasteiger partial charge in [-0.3, -0.25) is 0 Å². The number of ether oxygens (including phenoxy) is 2. The molecule has 1 heterocycles. The van der Waals surface area contributed by atoms with E-state index in [-0.39, 0.29) is 6.29 Å². The fourth-order valence-electron chi connectivity index (χ4n) is 0.598. The van der Waals surface area contributed by atoms with Crippen LogP contribution in [-0.2, 0) is 9.47 Å². The van der Waals surface area contributed by atoms with E-state index in [0.717, 1.165) is 13.2 Å². The molecule has 1 radical (unpaired) electrons. The Morgan fingerprint density at radius 3 is 3.12 bits per heavy atom. The Balaban J connectivity index is 2.13. The minimum absolute atomic E-state index is 0.149. The molecule has 1 aliphatic heterocycles. The van der Waals surface area contributed by atoms with Crippen LogP contribution in [0.3, 0.4) is 0 Å². The number of hydrogen-bond donors (Lipinski definition) is 1. The Morgan fingerprint density at radius 2 is 2.75 bits per heavy atom. The van der Waals surface area contributed by atoms with Crippen LogP contribution < -0.4 is 5.32 Å². The quantitative estimate of drug-likeness (QED) is 0.512. The van der Waals surface area contributed by atoms with Crippen LogP contribution in [0.4, 0.5) is 0 Å². The molecule has 1 rings (SSSR count). The molecule has 3 heteroatoms. The number of rotatable bonds is 1. The summed E-state index contributed by atoms with van der Waals surface area (Å²) in [6, 6.07) is 0. The van der Waals surface area contributed by atoms with Gasteiger partial charge in [-0.05, 0) is 0 Å². The van der Waals surface area contributed by atoms with Gasteiger partial charge in [0.2, 0.25) is 0 Å². The molecular weight excluding hydrogens is 106 g/mol. The lowest BCUT2D eigenvalue weighted by Crippen LogP contribution is -2.34. The average molecular weight is 116 g/mol. The molecule has 0 spiro atoms. The number of nitrogens with one attached hydrogen (secondary N) is 1. The largest absolute Gasteiger partial charge is 0.354 e. The van der Waals surface area contributed by atoms with Crippen molar-refractivity contribution in [1.82, 2.24) is 5.32 Å². The van der Waals surface area contributed by atoms with Gasteiger partial charge in [0, 0.05) is 13.7 Å². The van der Waals surface area contributed by atoms with E-state index in [1.54, 1.807) is 13.7 Å². The van der Waals surface area contributed by atoms with Crippen LogP contribution in [0.5, 0.6) is 0 Å². The molecule has 0 aromatic carbocycles. The molecule has 1 unspecified atom stereocenters. The number of morpholine rings is 1. The summed E-state index contributed by atoms with van der Waals surface area (Å²) in [5, 5.41) is 3.01. The Kier molecular flexibility index (Phi) is 2.27. The predicted molar refractivity (Wildman–Crippen MR) is 29.1 cm³/mol. The van der Waals surface area contributed by atoms with Crippen molar-refractivity contribution in [3.05, 3.63) is 6.54 Å². The van der Waals surface area contributed by atoms with Crippen LogP contribution in [0.25, 0.3) is 0 Å². The molecule has 0 saturated carbocycles. The summed E-state index contributed by atoms with van der Waals surface area (Å²) in [5.74, 6) is 0. The Morgan fingerprint density at radius 1 is 1.88 bits per heavy atom. The first-order valence-electron chi connectivity index (χ1n) is 2.64. The summed E-state index contributed by atoms with van der Waals surface area (Å²) >= 11 is 0. The van der Waals surface area contributed by atoms with E-state index in [2.05, 4.69) is 5.32 Å². The smallest absolute Gasteiger partial charge is 0.174 e. The second-order valence-corrected chi connectivity index (χ2v) is 1.60. The fourth-order valence-corrected chi connectivity index (χ4v) is 0.598. The van der Waals surface area contributed by atoms with Crippen LogP contribution in [0, 0.1) is 6.54 Å². The Bertz CT molecular complexity index is 61.4. The van der Waals surface area contributed by atoms with Gasteiger partial charge in [0.15, 0.2) is 6.29 Å². The molecule has 0 bridgehead atoms. The van der Waals surface area contributed by atoms with E-state index in [1.165, 1.54) is 0 Å². The molecule has 0 aromatic rings. The molecule has 0 aliphatic carbocycles. The van der Waals surface area contributed by atoms with Gasteiger partial charge >= 0.3 is 0 Å². The van der Waals surface area contributed by atoms with Crippen LogP contribution in [0.2, 0.25) is 0 Å². The van der Waals surface area contributed by atoms with Crippen LogP contribution in [0.1, 0.15) is 0 Å². The average Bonchev–Trinajstić information content (AvgIpc) is 1.90. The maximum atomic E-state index is 5.09. The molecule has 0 amide bonds. The van der Waals surface area contributed by atoms with Gasteiger partial charge in [0.05, 0.1) is 13.2 Å². The summed E-state index contributed by atoms with van der Waals surface area (Å²) in [6.07, 6.45) is -0.149. The van der Waals surface area contributed by atoms with E-state index in [0.29, 0.717) is 0 Å². The van der Waals surface area contributed by atoms with Crippen molar-refractivity contribution in [3.63, 3.8) is 0 Å². The van der Waals surface area contributed by atoms with E-state index >= 15 is 0 Å². The zero-order valence-electron chi connectivity index (χ0n) is 4.89. The third-order valence-electron chi connectivity index (χ3n) is 1.01. The van der Waals surface area contributed by atoms with Crippen molar-refractivity contribution >= 4 is 0 Å². The zero-order chi connectivity index (χ0) is 5.82. The van der Waals surface area contributed by atoms with E-state index in [1.807, 2.05) is 0 Å². The normalized spacial score (nSPS) is 30.4. The molecule has 1 saturated heterocycles. The first-order chi connectivity index (χ1) is 3.93. The van der Waals surface area contributed by atoms with E-state index in [9.17, 15) is 0 Å². The molecule has 3 nitrogen and oxygen atoms in total. The van der Waals surface area contributed by atoms with Crippen LogP contribution in [-0.4, -0.2) is 26.6 Å². The summed E-state index contributed by atoms with van der Waals surface area (Å²) in [5.41, 5.74) is 0. The lowest BCUT2D eigenvalue weighted by Gasteiger charge is -2.20. The summed E-state index contributed by atoms with van der Waals surface area (Å²) in [6.45, 7) is 3.42. The van der Waals surface area contributed by atoms with Crippen molar-refractivity contribution in [2.24, 2.45) is 0 Å². The maximum Gasteiger partial charge on any atom is 0.174 e. The van der Waals surface area contributed by atoms with Gasteiger partial charge in [-0.25, -0.2) is 0 Å². The molecule has 1 atom stereocenters. The minimum Gasteiger partial charge on any atom is -0.354 e. The van der Waals surface area contributed by atoms with Crippen LogP contribution in [0.15, 0.2) is 0 Å². The second-order valence-electron chi connectivity index (χ2n) is 1.60. The van der Waals surface area contributed by atoms with Crippen molar-refractivity contribution in [1.29, 1.82) is 0 Å². The highest BCUT2D eigenvalue weighted by atomic mass is 16.7. The van der Waals surface area contributed by atoms with Crippen molar-refractivity contribution in [2.75, 3.05) is 20.3 Å². The number of methoxy groups -OCH3 is 1. The van der Waals surface area contributed by atoms with E-state index < -0.39 is 0 Å². The highest BCUT2D eigenvalue weighted by Crippen LogP contribution is 1.98. The summed E-state index contributed by atoms with van der Waals surface area (Å²) in [7, 11) is 1.62. The monoisotopic (exact) mass is 116 g/mol. The lowest BCUT2D eigenvalue weighted by atomic mass is 10.5. The standard InChI is InChI=1S/C5H10NO2/c1-7-5-4-6-2-3-8-5/h4-6H,2-3H2,1H3.